The Bertz CT molecular complexity index is 70.5. The van der Waals surface area contributed by atoms with Gasteiger partial charge in [0.25, 0.3) is 0 Å². The maximum Gasteiger partial charge on any atom is 0.181 e. The largest absolute Gasteiger partial charge is 0.181 e. The van der Waals surface area contributed by atoms with Crippen molar-refractivity contribution in [3.63, 3.8) is 0 Å². The van der Waals surface area contributed by atoms with E-state index in [-0.39, 0.29) is 0 Å². The van der Waals surface area contributed by atoms with Gasteiger partial charge in [-0.2, -0.15) is 0 Å². The average Bonchev–Trinajstić information content (AvgIpc) is 1.65. The number of hydrogen-bond donors (Lipinski definition) is 0. The summed E-state index contributed by atoms with van der Waals surface area (Å²) in [4.78, 5) is 0. The van der Waals surface area contributed by atoms with Crippen LogP contribution in [0, 0.1) is 0 Å². The molecular weight excluding hydrogens is 103 g/mol. The minimum Gasteiger partial charge on any atom is -0.101 e. The summed E-state index contributed by atoms with van der Waals surface area (Å²) < 4.78 is 1.13. The second-order valence-corrected chi connectivity index (χ2v) is 2.56. The van der Waals surface area contributed by atoms with E-state index in [9.17, 15) is 0 Å². The van der Waals surface area contributed by atoms with E-state index in [2.05, 4.69) is 13.7 Å². The topological polar surface area (TPSA) is 0 Å². The Balaban J connectivity index is 3.34. The van der Waals surface area contributed by atoms with Crippen LogP contribution in [0.15, 0.2) is 0 Å². The van der Waals surface area contributed by atoms with E-state index in [4.69, 9.17) is 12.2 Å². The number of hydrogen-bond acceptors (Lipinski definition) is 1. The lowest BCUT2D eigenvalue weighted by atomic mass is 9.48. The molecule has 0 aromatic heterocycles. The zero-order valence-corrected chi connectivity index (χ0v) is 6.01. The summed E-state index contributed by atoms with van der Waals surface area (Å²) in [5.74, 6) is 0. The lowest BCUT2D eigenvalue weighted by molar-refractivity contribution is 1.44. The predicted octanol–water partition coefficient (Wildman–Crippen LogP) is 2.06. The van der Waals surface area contributed by atoms with E-state index in [0.717, 1.165) is 4.76 Å². The van der Waals surface area contributed by atoms with Crippen molar-refractivity contribution in [3.8, 4) is 0 Å². The van der Waals surface area contributed by atoms with Gasteiger partial charge in [-0.1, -0.05) is 20.1 Å². The fourth-order valence-electron chi connectivity index (χ4n) is 0.287. The van der Waals surface area contributed by atoms with Crippen molar-refractivity contribution in [3.05, 3.63) is 0 Å². The van der Waals surface area contributed by atoms with Crippen LogP contribution in [-0.4, -0.2) is 11.5 Å². The Morgan fingerprint density at radius 3 is 2.14 bits per heavy atom. The lowest BCUT2D eigenvalue weighted by Gasteiger charge is -1.96. The molecule has 0 amide bonds. The normalized spacial score (nSPS) is 8.43. The van der Waals surface area contributed by atoms with Crippen LogP contribution in [-0.2, 0) is 0 Å². The van der Waals surface area contributed by atoms with Crippen LogP contribution >= 0.6 is 12.2 Å². The molecule has 0 spiro atoms. The quantitative estimate of drug-likeness (QED) is 0.391. The van der Waals surface area contributed by atoms with E-state index in [1.54, 1.807) is 0 Å². The molecule has 0 bridgehead atoms. The standard InChI is InChI=1S/C5H11BS/c1-4-6(3)5(2)7/h4H2,1-3H3. The summed E-state index contributed by atoms with van der Waals surface area (Å²) in [5, 5.41) is 0. The molecule has 0 saturated carbocycles. The zero-order chi connectivity index (χ0) is 5.86. The molecule has 0 nitrogen and oxygen atoms in total. The van der Waals surface area contributed by atoms with Crippen LogP contribution in [0.25, 0.3) is 0 Å². The molecule has 0 aliphatic rings. The van der Waals surface area contributed by atoms with Crippen LogP contribution in [0.2, 0.25) is 13.1 Å². The summed E-state index contributed by atoms with van der Waals surface area (Å²) in [6.07, 6.45) is 1.18. The highest BCUT2D eigenvalue weighted by atomic mass is 32.1. The Morgan fingerprint density at radius 1 is 1.71 bits per heavy atom. The van der Waals surface area contributed by atoms with Crippen LogP contribution in [0.5, 0.6) is 0 Å². The maximum atomic E-state index is 4.92. The van der Waals surface area contributed by atoms with Crippen molar-refractivity contribution in [2.45, 2.75) is 27.0 Å². The maximum absolute atomic E-state index is 4.92. The molecule has 0 saturated heterocycles. The predicted molar refractivity (Wildman–Crippen MR) is 40.4 cm³/mol. The zero-order valence-electron chi connectivity index (χ0n) is 5.19. The molecule has 0 atom stereocenters. The highest BCUT2D eigenvalue weighted by molar-refractivity contribution is 7.84. The van der Waals surface area contributed by atoms with E-state index < -0.39 is 0 Å². The van der Waals surface area contributed by atoms with Gasteiger partial charge in [0.1, 0.15) is 0 Å². The highest BCUT2D eigenvalue weighted by Crippen LogP contribution is 1.91. The molecule has 0 aliphatic carbocycles. The summed E-state index contributed by atoms with van der Waals surface area (Å²) in [5.41, 5.74) is 0. The van der Waals surface area contributed by atoms with Gasteiger partial charge in [0, 0.05) is 0 Å². The third-order valence-corrected chi connectivity index (χ3v) is 1.71. The first-order valence-electron chi connectivity index (χ1n) is 2.69. The van der Waals surface area contributed by atoms with Crippen LogP contribution in [0.1, 0.15) is 13.8 Å². The molecule has 0 aromatic rings. The Labute approximate surface area is 51.4 Å². The molecule has 0 N–H and O–H groups in total. The highest BCUT2D eigenvalue weighted by Gasteiger charge is 2.02. The summed E-state index contributed by atoms with van der Waals surface area (Å²) in [6, 6.07) is 0. The third-order valence-electron chi connectivity index (χ3n) is 1.31. The fraction of sp³-hybridized carbons (Fsp3) is 0.800. The molecule has 0 radical (unpaired) electrons. The first-order valence-corrected chi connectivity index (χ1v) is 3.09. The van der Waals surface area contributed by atoms with Crippen LogP contribution in [0.3, 0.4) is 0 Å². The Kier molecular flexibility index (Phi) is 3.27. The minimum absolute atomic E-state index is 0.634. The van der Waals surface area contributed by atoms with Gasteiger partial charge in [0.2, 0.25) is 0 Å². The molecule has 0 aromatic carbocycles. The van der Waals surface area contributed by atoms with Gasteiger partial charge in [0.05, 0.1) is 0 Å². The third kappa shape index (κ3) is 2.80. The second kappa shape index (κ2) is 3.19. The van der Waals surface area contributed by atoms with Gasteiger partial charge in [-0.15, -0.1) is 12.2 Å². The van der Waals surface area contributed by atoms with Gasteiger partial charge in [-0.25, -0.2) is 0 Å². The van der Waals surface area contributed by atoms with Crippen molar-refractivity contribution in [1.82, 2.24) is 0 Å². The SMILES string of the molecule is CCB(C)C(C)=S. The number of rotatable bonds is 2. The summed E-state index contributed by atoms with van der Waals surface area (Å²) in [7, 11) is 0. The van der Waals surface area contributed by atoms with Crippen molar-refractivity contribution in [1.29, 1.82) is 0 Å². The molecule has 0 rings (SSSR count). The summed E-state index contributed by atoms with van der Waals surface area (Å²) in [6.45, 7) is 6.95. The first-order chi connectivity index (χ1) is 3.18. The van der Waals surface area contributed by atoms with Crippen molar-refractivity contribution in [2.24, 2.45) is 0 Å². The van der Waals surface area contributed by atoms with E-state index in [1.165, 1.54) is 6.32 Å². The van der Waals surface area contributed by atoms with Gasteiger partial charge < -0.3 is 0 Å². The minimum atomic E-state index is 0.634. The van der Waals surface area contributed by atoms with Gasteiger partial charge >= 0.3 is 0 Å². The Hall–Kier alpha value is 0.155. The van der Waals surface area contributed by atoms with E-state index in [0.29, 0.717) is 6.71 Å². The van der Waals surface area contributed by atoms with Gasteiger partial charge in [-0.3, -0.25) is 0 Å². The molecule has 0 heterocycles. The first kappa shape index (κ1) is 7.15. The fourth-order valence-corrected chi connectivity index (χ4v) is 0.454. The molecule has 40 valence electrons. The molecule has 0 aliphatic heterocycles. The Morgan fingerprint density at radius 2 is 2.14 bits per heavy atom. The molecule has 0 unspecified atom stereocenters. The molecule has 2 heteroatoms. The lowest BCUT2D eigenvalue weighted by Crippen LogP contribution is -2.13. The smallest absolute Gasteiger partial charge is 0.101 e. The van der Waals surface area contributed by atoms with Crippen LogP contribution < -0.4 is 0 Å². The van der Waals surface area contributed by atoms with Crippen LogP contribution in [0.4, 0.5) is 0 Å². The molecule has 7 heavy (non-hydrogen) atoms. The van der Waals surface area contributed by atoms with Crippen molar-refractivity contribution in [2.75, 3.05) is 0 Å². The summed E-state index contributed by atoms with van der Waals surface area (Å²) >= 11 is 4.92. The van der Waals surface area contributed by atoms with E-state index >= 15 is 0 Å². The average molecular weight is 114 g/mol. The van der Waals surface area contributed by atoms with E-state index in [1.807, 2.05) is 6.92 Å². The van der Waals surface area contributed by atoms with Crippen molar-refractivity contribution < 1.29 is 0 Å². The van der Waals surface area contributed by atoms with Crippen molar-refractivity contribution >= 4 is 23.7 Å². The van der Waals surface area contributed by atoms with Gasteiger partial charge in [0.15, 0.2) is 6.71 Å². The molecular formula is C5H11BS. The van der Waals surface area contributed by atoms with Gasteiger partial charge in [-0.05, 0) is 11.7 Å². The molecule has 0 fully saturated rings. The monoisotopic (exact) mass is 114 g/mol. The second-order valence-electron chi connectivity index (χ2n) is 1.92. The number of thiocarbonyl (C=S) groups is 1.